The van der Waals surface area contributed by atoms with Crippen molar-refractivity contribution in [1.82, 2.24) is 8.01 Å². The molecule has 1 fully saturated rings. The van der Waals surface area contributed by atoms with Crippen LogP contribution in [0.1, 0.15) is 6.92 Å². The largest absolute Gasteiger partial charge is 0.340 e. The molecule has 0 radical (unpaired) electrons. The predicted molar refractivity (Wildman–Crippen MR) is 47.8 cm³/mol. The van der Waals surface area contributed by atoms with Crippen LogP contribution in [0.25, 0.3) is 0 Å². The average molecular weight is 254 g/mol. The van der Waals surface area contributed by atoms with Crippen molar-refractivity contribution in [3.05, 3.63) is 0 Å². The second-order valence-corrected chi connectivity index (χ2v) is 3.93. The first kappa shape index (κ1) is 8.26. The van der Waals surface area contributed by atoms with Gasteiger partial charge in [-0.15, -0.1) is 0 Å². The Morgan fingerprint density at radius 3 is 2.80 bits per heavy atom. The molecule has 3 nitrogen and oxygen atoms in total. The number of halogens is 1. The minimum Gasteiger partial charge on any atom is -0.340 e. The number of amides is 1. The normalized spacial score (nSPS) is 28.6. The van der Waals surface area contributed by atoms with Gasteiger partial charge >= 0.3 is 0 Å². The summed E-state index contributed by atoms with van der Waals surface area (Å²) in [6.45, 7) is 4.91. The fraction of sp³-hybridized carbons (Fsp3) is 0.833. The minimum atomic E-state index is 0.378. The van der Waals surface area contributed by atoms with Crippen molar-refractivity contribution < 1.29 is 4.79 Å². The van der Waals surface area contributed by atoms with E-state index in [4.69, 9.17) is 0 Å². The van der Waals surface area contributed by atoms with Crippen molar-refractivity contribution in [1.29, 1.82) is 0 Å². The third kappa shape index (κ3) is 1.82. The molecule has 0 spiro atoms. The molecule has 1 heterocycles. The van der Waals surface area contributed by atoms with E-state index in [-0.39, 0.29) is 0 Å². The quantitative estimate of drug-likeness (QED) is 0.386. The van der Waals surface area contributed by atoms with Gasteiger partial charge in [-0.1, -0.05) is 0 Å². The smallest absolute Gasteiger partial charge is 0.210 e. The maximum atomic E-state index is 10.4. The van der Waals surface area contributed by atoms with Gasteiger partial charge in [-0.05, 0) is 6.92 Å². The fourth-order valence-electron chi connectivity index (χ4n) is 1.08. The van der Waals surface area contributed by atoms with Crippen LogP contribution in [0.3, 0.4) is 0 Å². The van der Waals surface area contributed by atoms with Crippen LogP contribution >= 0.6 is 22.9 Å². The van der Waals surface area contributed by atoms with Crippen LogP contribution in [0.2, 0.25) is 0 Å². The number of piperazine rings is 1. The summed E-state index contributed by atoms with van der Waals surface area (Å²) in [4.78, 5) is 12.2. The number of carbonyl (C=O) groups is 1. The molecular weight excluding hydrogens is 243 g/mol. The lowest BCUT2D eigenvalue weighted by Gasteiger charge is -2.34. The molecule has 0 aromatic carbocycles. The van der Waals surface area contributed by atoms with Crippen LogP contribution in [-0.2, 0) is 4.79 Å². The lowest BCUT2D eigenvalue weighted by molar-refractivity contribution is -0.121. The molecule has 1 rings (SSSR count). The van der Waals surface area contributed by atoms with Gasteiger partial charge in [-0.3, -0.25) is 4.79 Å². The van der Waals surface area contributed by atoms with Crippen LogP contribution in [-0.4, -0.2) is 40.1 Å². The van der Waals surface area contributed by atoms with Crippen molar-refractivity contribution in [2.75, 3.05) is 19.6 Å². The lowest BCUT2D eigenvalue weighted by atomic mass is 10.2. The second-order valence-electron chi connectivity index (χ2n) is 2.56. The summed E-state index contributed by atoms with van der Waals surface area (Å²) in [7, 11) is 0. The monoisotopic (exact) mass is 254 g/mol. The molecule has 1 saturated heterocycles. The Balaban J connectivity index is 2.43. The maximum absolute atomic E-state index is 10.4. The highest BCUT2D eigenvalue weighted by Gasteiger charge is 2.19. The standard InChI is InChI=1S/C6H11IN2O/c1-6-4-9(7)3-2-8(6)5-10/h5-6H,2-4H2,1H3/t6-/m0/s1. The molecule has 1 aliphatic heterocycles. The molecule has 0 aromatic rings. The zero-order valence-electron chi connectivity index (χ0n) is 5.96. The van der Waals surface area contributed by atoms with Crippen molar-refractivity contribution in [3.63, 3.8) is 0 Å². The van der Waals surface area contributed by atoms with E-state index in [0.717, 1.165) is 26.0 Å². The van der Waals surface area contributed by atoms with E-state index in [9.17, 15) is 4.79 Å². The van der Waals surface area contributed by atoms with Crippen LogP contribution in [0.5, 0.6) is 0 Å². The summed E-state index contributed by atoms with van der Waals surface area (Å²) < 4.78 is 2.21. The van der Waals surface area contributed by atoms with Crippen LogP contribution in [0.15, 0.2) is 0 Å². The van der Waals surface area contributed by atoms with Gasteiger partial charge in [-0.2, -0.15) is 0 Å². The highest BCUT2D eigenvalue weighted by Crippen LogP contribution is 2.10. The van der Waals surface area contributed by atoms with Gasteiger partial charge in [0.25, 0.3) is 0 Å². The van der Waals surface area contributed by atoms with Gasteiger partial charge in [-0.25, -0.2) is 3.11 Å². The number of rotatable bonds is 1. The maximum Gasteiger partial charge on any atom is 0.210 e. The molecule has 0 aliphatic carbocycles. The Bertz CT molecular complexity index is 131. The topological polar surface area (TPSA) is 23.6 Å². The zero-order valence-corrected chi connectivity index (χ0v) is 8.11. The Labute approximate surface area is 74.9 Å². The Hall–Kier alpha value is 0.160. The van der Waals surface area contributed by atoms with E-state index in [1.807, 2.05) is 4.90 Å². The number of nitrogens with zero attached hydrogens (tertiary/aromatic N) is 2. The van der Waals surface area contributed by atoms with Crippen LogP contribution in [0, 0.1) is 0 Å². The molecule has 0 unspecified atom stereocenters. The molecule has 0 aromatic heterocycles. The summed E-state index contributed by atoms with van der Waals surface area (Å²) in [5, 5.41) is 0. The number of carbonyl (C=O) groups excluding carboxylic acids is 1. The average Bonchev–Trinajstić information content (AvgIpc) is 1.88. The molecule has 0 saturated carbocycles. The van der Waals surface area contributed by atoms with Crippen molar-refractivity contribution in [2.45, 2.75) is 13.0 Å². The van der Waals surface area contributed by atoms with Gasteiger partial charge in [0.1, 0.15) is 0 Å². The number of hydrogen-bond donors (Lipinski definition) is 0. The predicted octanol–water partition coefficient (Wildman–Crippen LogP) is 0.499. The molecule has 4 heteroatoms. The Morgan fingerprint density at radius 2 is 2.30 bits per heavy atom. The summed E-state index contributed by atoms with van der Waals surface area (Å²) >= 11 is 2.29. The van der Waals surface area contributed by atoms with E-state index >= 15 is 0 Å². The van der Waals surface area contributed by atoms with E-state index < -0.39 is 0 Å². The molecule has 0 bridgehead atoms. The zero-order chi connectivity index (χ0) is 7.56. The Morgan fingerprint density at radius 1 is 1.60 bits per heavy atom. The molecule has 1 aliphatic rings. The van der Waals surface area contributed by atoms with Gasteiger partial charge < -0.3 is 4.90 Å². The summed E-state index contributed by atoms with van der Waals surface area (Å²) in [6, 6.07) is 0.378. The van der Waals surface area contributed by atoms with E-state index in [1.54, 1.807) is 0 Å². The van der Waals surface area contributed by atoms with Gasteiger partial charge in [0.2, 0.25) is 6.41 Å². The van der Waals surface area contributed by atoms with Crippen molar-refractivity contribution >= 4 is 29.3 Å². The number of hydrogen-bond acceptors (Lipinski definition) is 2. The molecule has 1 amide bonds. The highest BCUT2D eigenvalue weighted by molar-refractivity contribution is 14.1. The third-order valence-electron chi connectivity index (χ3n) is 1.76. The summed E-state index contributed by atoms with van der Waals surface area (Å²) in [6.07, 6.45) is 0.939. The molecule has 58 valence electrons. The first-order valence-electron chi connectivity index (χ1n) is 3.36. The van der Waals surface area contributed by atoms with Crippen molar-refractivity contribution in [2.24, 2.45) is 0 Å². The minimum absolute atomic E-state index is 0.378. The summed E-state index contributed by atoms with van der Waals surface area (Å²) in [5.74, 6) is 0. The second kappa shape index (κ2) is 3.52. The van der Waals surface area contributed by atoms with E-state index in [2.05, 4.69) is 32.9 Å². The van der Waals surface area contributed by atoms with E-state index in [0.29, 0.717) is 6.04 Å². The van der Waals surface area contributed by atoms with Crippen molar-refractivity contribution in [3.8, 4) is 0 Å². The van der Waals surface area contributed by atoms with Gasteiger partial charge in [0.05, 0.1) is 0 Å². The van der Waals surface area contributed by atoms with Crippen LogP contribution < -0.4 is 0 Å². The lowest BCUT2D eigenvalue weighted by Crippen LogP contribution is -2.47. The molecule has 0 N–H and O–H groups in total. The van der Waals surface area contributed by atoms with Gasteiger partial charge in [0.15, 0.2) is 0 Å². The fourth-order valence-corrected chi connectivity index (χ4v) is 1.87. The van der Waals surface area contributed by atoms with E-state index in [1.165, 1.54) is 0 Å². The molecule has 10 heavy (non-hydrogen) atoms. The SMILES string of the molecule is C[C@H]1CN(I)CCN1C=O. The molecular formula is C6H11IN2O. The highest BCUT2D eigenvalue weighted by atomic mass is 127. The Kier molecular flexibility index (Phi) is 2.91. The first-order valence-corrected chi connectivity index (χ1v) is 4.32. The van der Waals surface area contributed by atoms with Gasteiger partial charge in [0, 0.05) is 48.5 Å². The summed E-state index contributed by atoms with van der Waals surface area (Å²) in [5.41, 5.74) is 0. The first-order chi connectivity index (χ1) is 4.74. The van der Waals surface area contributed by atoms with Crippen LogP contribution in [0.4, 0.5) is 0 Å². The third-order valence-corrected chi connectivity index (χ3v) is 2.64. The molecule has 1 atom stereocenters.